The molecule has 0 radical (unpaired) electrons. The van der Waals surface area contributed by atoms with Crippen molar-refractivity contribution in [2.75, 3.05) is 0 Å². The molecule has 68 valence electrons. The van der Waals surface area contributed by atoms with E-state index in [-0.39, 0.29) is 0 Å². The first-order valence-electron chi connectivity index (χ1n) is 3.83. The zero-order chi connectivity index (χ0) is 9.84. The lowest BCUT2D eigenvalue weighted by molar-refractivity contribution is -0.113. The number of carbonyl (C=O) groups excluding carboxylic acids is 1. The van der Waals surface area contributed by atoms with Gasteiger partial charge < -0.3 is 5.73 Å². The Balaban J connectivity index is 2.96. The van der Waals surface area contributed by atoms with Gasteiger partial charge in [0.05, 0.1) is 0 Å². The minimum absolute atomic E-state index is 0.438. The number of primary amides is 1. The van der Waals surface area contributed by atoms with E-state index in [2.05, 4.69) is 0 Å². The molecule has 1 rings (SSSR count). The molecule has 0 aliphatic carbocycles. The van der Waals surface area contributed by atoms with Gasteiger partial charge in [0.2, 0.25) is 5.91 Å². The third-order valence-corrected chi connectivity index (χ3v) is 1.91. The zero-order valence-corrected chi connectivity index (χ0v) is 8.01. The molecular weight excluding hydrogens is 186 g/mol. The third kappa shape index (κ3) is 2.92. The lowest BCUT2D eigenvalue weighted by atomic mass is 10.1. The van der Waals surface area contributed by atoms with Gasteiger partial charge in [-0.3, -0.25) is 4.79 Å². The number of amides is 1. The van der Waals surface area contributed by atoms with Gasteiger partial charge in [0, 0.05) is 11.1 Å². The van der Waals surface area contributed by atoms with Crippen molar-refractivity contribution in [3.63, 3.8) is 0 Å². The lowest BCUT2D eigenvalue weighted by Gasteiger charge is -1.99. The van der Waals surface area contributed by atoms with Crippen molar-refractivity contribution < 1.29 is 4.79 Å². The van der Waals surface area contributed by atoms with Crippen molar-refractivity contribution in [1.29, 1.82) is 0 Å². The minimum atomic E-state index is -0.438. The highest BCUT2D eigenvalue weighted by Crippen LogP contribution is 2.16. The summed E-state index contributed by atoms with van der Waals surface area (Å²) in [5.74, 6) is -0.438. The van der Waals surface area contributed by atoms with E-state index in [1.54, 1.807) is 12.1 Å². The second kappa shape index (κ2) is 4.10. The Hall–Kier alpha value is -1.28. The predicted octanol–water partition coefficient (Wildman–Crippen LogP) is 2.23. The van der Waals surface area contributed by atoms with Gasteiger partial charge in [-0.1, -0.05) is 23.7 Å². The van der Waals surface area contributed by atoms with Crippen LogP contribution < -0.4 is 5.73 Å². The Morgan fingerprint density at radius 3 is 2.38 bits per heavy atom. The maximum Gasteiger partial charge on any atom is 0.241 e. The molecule has 0 heterocycles. The molecule has 2 nitrogen and oxygen atoms in total. The summed E-state index contributed by atoms with van der Waals surface area (Å²) in [6, 6.07) is 7.23. The highest BCUT2D eigenvalue weighted by atomic mass is 35.5. The molecule has 0 unspecified atom stereocenters. The molecule has 0 bridgehead atoms. The molecule has 0 saturated heterocycles. The van der Waals surface area contributed by atoms with Gasteiger partial charge in [0.25, 0.3) is 0 Å². The molecule has 0 spiro atoms. The van der Waals surface area contributed by atoms with Gasteiger partial charge in [-0.25, -0.2) is 0 Å². The number of carbonyl (C=O) groups is 1. The largest absolute Gasteiger partial charge is 0.366 e. The van der Waals surface area contributed by atoms with Gasteiger partial charge in [-0.2, -0.15) is 0 Å². The monoisotopic (exact) mass is 195 g/mol. The standard InChI is InChI=1S/C10H10ClNO/c1-7(6-10(12)13)8-2-4-9(11)5-3-8/h2-6H,1H3,(H2,12,13)/b7-6-. The van der Waals surface area contributed by atoms with Crippen LogP contribution in [0.25, 0.3) is 5.57 Å². The second-order valence-corrected chi connectivity index (χ2v) is 3.17. The minimum Gasteiger partial charge on any atom is -0.366 e. The van der Waals surface area contributed by atoms with Crippen LogP contribution in [0.15, 0.2) is 30.3 Å². The maximum absolute atomic E-state index is 10.6. The summed E-state index contributed by atoms with van der Waals surface area (Å²) in [6.07, 6.45) is 1.39. The summed E-state index contributed by atoms with van der Waals surface area (Å²) in [6.45, 7) is 1.83. The van der Waals surface area contributed by atoms with Crippen LogP contribution >= 0.6 is 11.6 Å². The van der Waals surface area contributed by atoms with Crippen LogP contribution in [0.3, 0.4) is 0 Å². The number of allylic oxidation sites excluding steroid dienone is 1. The van der Waals surface area contributed by atoms with E-state index >= 15 is 0 Å². The van der Waals surface area contributed by atoms with E-state index in [0.29, 0.717) is 5.02 Å². The molecule has 1 aromatic carbocycles. The van der Waals surface area contributed by atoms with Crippen molar-refractivity contribution in [3.8, 4) is 0 Å². The normalized spacial score (nSPS) is 11.4. The first-order valence-corrected chi connectivity index (χ1v) is 4.21. The van der Waals surface area contributed by atoms with E-state index in [0.717, 1.165) is 11.1 Å². The molecular formula is C10H10ClNO. The molecule has 0 saturated carbocycles. The van der Waals surface area contributed by atoms with Crippen LogP contribution in [0.4, 0.5) is 0 Å². The summed E-state index contributed by atoms with van der Waals surface area (Å²) < 4.78 is 0. The van der Waals surface area contributed by atoms with Crippen molar-refractivity contribution in [1.82, 2.24) is 0 Å². The molecule has 0 aliphatic rings. The number of hydrogen-bond acceptors (Lipinski definition) is 1. The van der Waals surface area contributed by atoms with Crippen LogP contribution in [0.5, 0.6) is 0 Å². The highest BCUT2D eigenvalue weighted by Gasteiger charge is 1.96. The molecule has 2 N–H and O–H groups in total. The zero-order valence-electron chi connectivity index (χ0n) is 7.25. The van der Waals surface area contributed by atoms with Crippen LogP contribution in [0.2, 0.25) is 5.02 Å². The van der Waals surface area contributed by atoms with E-state index in [1.165, 1.54) is 6.08 Å². The van der Waals surface area contributed by atoms with Crippen molar-refractivity contribution in [2.45, 2.75) is 6.92 Å². The molecule has 0 aliphatic heterocycles. The van der Waals surface area contributed by atoms with Crippen molar-refractivity contribution in [3.05, 3.63) is 40.9 Å². The molecule has 13 heavy (non-hydrogen) atoms. The van der Waals surface area contributed by atoms with Gasteiger partial charge in [0.15, 0.2) is 0 Å². The summed E-state index contributed by atoms with van der Waals surface area (Å²) in [5.41, 5.74) is 6.80. The summed E-state index contributed by atoms with van der Waals surface area (Å²) in [4.78, 5) is 10.6. The molecule has 1 amide bonds. The van der Waals surface area contributed by atoms with E-state index in [9.17, 15) is 4.79 Å². The van der Waals surface area contributed by atoms with Gasteiger partial charge in [0.1, 0.15) is 0 Å². The number of benzene rings is 1. The summed E-state index contributed by atoms with van der Waals surface area (Å²) >= 11 is 5.71. The van der Waals surface area contributed by atoms with Crippen LogP contribution in [0, 0.1) is 0 Å². The van der Waals surface area contributed by atoms with Gasteiger partial charge >= 0.3 is 0 Å². The molecule has 3 heteroatoms. The van der Waals surface area contributed by atoms with E-state index in [4.69, 9.17) is 17.3 Å². The fraction of sp³-hybridized carbons (Fsp3) is 0.100. The second-order valence-electron chi connectivity index (χ2n) is 2.74. The molecule has 0 atom stereocenters. The number of hydrogen-bond donors (Lipinski definition) is 1. The quantitative estimate of drug-likeness (QED) is 0.723. The first-order chi connectivity index (χ1) is 6.09. The van der Waals surface area contributed by atoms with Crippen LogP contribution in [-0.4, -0.2) is 5.91 Å². The molecule has 0 aromatic heterocycles. The first kappa shape index (κ1) is 9.81. The summed E-state index contributed by atoms with van der Waals surface area (Å²) in [5, 5.41) is 0.677. The topological polar surface area (TPSA) is 43.1 Å². The average Bonchev–Trinajstić information content (AvgIpc) is 2.04. The predicted molar refractivity (Wildman–Crippen MR) is 54.3 cm³/mol. The van der Waals surface area contributed by atoms with Crippen molar-refractivity contribution in [2.24, 2.45) is 5.73 Å². The Morgan fingerprint density at radius 2 is 1.92 bits per heavy atom. The number of rotatable bonds is 2. The number of halogens is 1. The summed E-state index contributed by atoms with van der Waals surface area (Å²) in [7, 11) is 0. The smallest absolute Gasteiger partial charge is 0.241 e. The molecule has 1 aromatic rings. The van der Waals surface area contributed by atoms with E-state index in [1.807, 2.05) is 19.1 Å². The Labute approximate surface area is 82.0 Å². The maximum atomic E-state index is 10.6. The Bertz CT molecular complexity index is 340. The number of nitrogens with two attached hydrogens (primary N) is 1. The van der Waals surface area contributed by atoms with E-state index < -0.39 is 5.91 Å². The highest BCUT2D eigenvalue weighted by molar-refractivity contribution is 6.30. The lowest BCUT2D eigenvalue weighted by Crippen LogP contribution is -2.06. The SMILES string of the molecule is C/C(=C/C(N)=O)c1ccc(Cl)cc1. The Kier molecular flexibility index (Phi) is 3.09. The third-order valence-electron chi connectivity index (χ3n) is 1.66. The van der Waals surface area contributed by atoms with Crippen LogP contribution in [-0.2, 0) is 4.79 Å². The van der Waals surface area contributed by atoms with Gasteiger partial charge in [-0.15, -0.1) is 0 Å². The van der Waals surface area contributed by atoms with Crippen LogP contribution in [0.1, 0.15) is 12.5 Å². The molecule has 0 fully saturated rings. The average molecular weight is 196 g/mol. The van der Waals surface area contributed by atoms with Crippen molar-refractivity contribution >= 4 is 23.1 Å². The Morgan fingerprint density at radius 1 is 1.38 bits per heavy atom. The van der Waals surface area contributed by atoms with Gasteiger partial charge in [-0.05, 0) is 30.2 Å². The fourth-order valence-electron chi connectivity index (χ4n) is 1.01. The fourth-order valence-corrected chi connectivity index (χ4v) is 1.14.